The molecule has 0 radical (unpaired) electrons. The number of carbonyl (C=O) groups is 1. The van der Waals surface area contributed by atoms with E-state index >= 15 is 0 Å². The fraction of sp³-hybridized carbons (Fsp3) is 0.214. The minimum absolute atomic E-state index is 0.0851. The number of thiophene rings is 1. The Morgan fingerprint density at radius 1 is 1.26 bits per heavy atom. The van der Waals surface area contributed by atoms with Crippen molar-refractivity contribution >= 4 is 50.5 Å². The average Bonchev–Trinajstić information content (AvgIpc) is 2.91. The number of hydrogen-bond acceptors (Lipinski definition) is 3. The number of amides is 1. The molecule has 3 N–H and O–H groups in total. The van der Waals surface area contributed by atoms with Crippen LogP contribution in [0.3, 0.4) is 0 Å². The summed E-state index contributed by atoms with van der Waals surface area (Å²) >= 11 is 3.80. The van der Waals surface area contributed by atoms with Crippen LogP contribution in [0, 0.1) is 3.57 Å². The third kappa shape index (κ3) is 2.49. The number of nitrogens with one attached hydrogen (secondary N) is 1. The number of aryl methyl sites for hydroxylation is 1. The maximum absolute atomic E-state index is 12.4. The molecular formula is C14H13IN2OS. The van der Waals surface area contributed by atoms with E-state index in [1.54, 1.807) is 11.3 Å². The van der Waals surface area contributed by atoms with Gasteiger partial charge in [0.25, 0.3) is 5.91 Å². The first kappa shape index (κ1) is 12.9. The molecule has 0 spiro atoms. The Balaban J connectivity index is 1.86. The van der Waals surface area contributed by atoms with Gasteiger partial charge in [0.05, 0.1) is 10.6 Å². The van der Waals surface area contributed by atoms with E-state index < -0.39 is 0 Å². The molecule has 0 unspecified atom stereocenters. The lowest BCUT2D eigenvalue weighted by Gasteiger charge is -2.06. The number of halogens is 1. The number of carbonyl (C=O) groups excluding carboxylic acids is 1. The molecule has 0 bridgehead atoms. The molecule has 0 saturated carbocycles. The van der Waals surface area contributed by atoms with Crippen molar-refractivity contribution in [2.24, 2.45) is 0 Å². The zero-order valence-electron chi connectivity index (χ0n) is 10.2. The third-order valence-corrected chi connectivity index (χ3v) is 5.12. The van der Waals surface area contributed by atoms with Gasteiger partial charge in [-0.3, -0.25) is 4.79 Å². The minimum Gasteiger partial charge on any atom is -0.390 e. The molecule has 5 heteroatoms. The Morgan fingerprint density at radius 3 is 2.74 bits per heavy atom. The SMILES string of the molecule is Nc1sc2c(c1C(=O)Nc1ccc(I)cc1)CCC2. The number of benzene rings is 1. The van der Waals surface area contributed by atoms with Gasteiger partial charge in [-0.2, -0.15) is 0 Å². The number of rotatable bonds is 2. The van der Waals surface area contributed by atoms with Crippen LogP contribution in [0.1, 0.15) is 27.2 Å². The van der Waals surface area contributed by atoms with Crippen molar-refractivity contribution in [1.29, 1.82) is 0 Å². The van der Waals surface area contributed by atoms with Gasteiger partial charge in [0, 0.05) is 14.1 Å². The summed E-state index contributed by atoms with van der Waals surface area (Å²) in [7, 11) is 0. The zero-order chi connectivity index (χ0) is 13.4. The standard InChI is InChI=1S/C14H13IN2OS/c15-8-4-6-9(7-5-8)17-14(18)12-10-2-1-3-11(10)19-13(12)16/h4-7H,1-3,16H2,(H,17,18). The average molecular weight is 384 g/mol. The summed E-state index contributed by atoms with van der Waals surface area (Å²) in [5.41, 5.74) is 8.64. The van der Waals surface area contributed by atoms with Gasteiger partial charge >= 0.3 is 0 Å². The van der Waals surface area contributed by atoms with Crippen LogP contribution in [0.25, 0.3) is 0 Å². The second-order valence-corrected chi connectivity index (χ2v) is 6.94. The number of hydrogen-bond donors (Lipinski definition) is 2. The van der Waals surface area contributed by atoms with Crippen molar-refractivity contribution in [2.45, 2.75) is 19.3 Å². The van der Waals surface area contributed by atoms with E-state index in [0.717, 1.165) is 34.1 Å². The van der Waals surface area contributed by atoms with Crippen LogP contribution in [0.5, 0.6) is 0 Å². The molecule has 1 aromatic carbocycles. The van der Waals surface area contributed by atoms with E-state index in [0.29, 0.717) is 10.6 Å². The Bertz CT molecular complexity index is 634. The van der Waals surface area contributed by atoms with Gasteiger partial charge in [-0.05, 0) is 71.7 Å². The molecule has 1 aliphatic carbocycles. The smallest absolute Gasteiger partial charge is 0.258 e. The van der Waals surface area contributed by atoms with Gasteiger partial charge < -0.3 is 11.1 Å². The van der Waals surface area contributed by atoms with Crippen LogP contribution >= 0.6 is 33.9 Å². The molecule has 0 atom stereocenters. The van der Waals surface area contributed by atoms with Crippen LogP contribution in [-0.4, -0.2) is 5.91 Å². The second-order valence-electron chi connectivity index (χ2n) is 4.56. The summed E-state index contributed by atoms with van der Waals surface area (Å²) < 4.78 is 1.14. The van der Waals surface area contributed by atoms with Crippen molar-refractivity contribution in [3.8, 4) is 0 Å². The molecule has 1 aliphatic rings. The Morgan fingerprint density at radius 2 is 2.00 bits per heavy atom. The minimum atomic E-state index is -0.0851. The van der Waals surface area contributed by atoms with Crippen LogP contribution < -0.4 is 11.1 Å². The fourth-order valence-corrected chi connectivity index (χ4v) is 3.92. The Labute approximate surface area is 129 Å². The maximum atomic E-state index is 12.4. The first-order chi connectivity index (χ1) is 9.15. The van der Waals surface area contributed by atoms with Gasteiger partial charge in [0.2, 0.25) is 0 Å². The number of nitrogen functional groups attached to an aromatic ring is 1. The first-order valence-corrected chi connectivity index (χ1v) is 8.01. The van der Waals surface area contributed by atoms with Crippen LogP contribution in [0.2, 0.25) is 0 Å². The molecule has 3 nitrogen and oxygen atoms in total. The first-order valence-electron chi connectivity index (χ1n) is 6.12. The second kappa shape index (κ2) is 5.13. The summed E-state index contributed by atoms with van der Waals surface area (Å²) in [5, 5.41) is 3.57. The van der Waals surface area contributed by atoms with E-state index in [1.165, 1.54) is 4.88 Å². The van der Waals surface area contributed by atoms with Crippen molar-refractivity contribution < 1.29 is 4.79 Å². The summed E-state index contributed by atoms with van der Waals surface area (Å²) in [6.45, 7) is 0. The molecule has 1 aromatic heterocycles. The number of nitrogens with two attached hydrogens (primary N) is 1. The van der Waals surface area contributed by atoms with Gasteiger partial charge in [-0.25, -0.2) is 0 Å². The van der Waals surface area contributed by atoms with Gasteiger partial charge in [0.1, 0.15) is 0 Å². The molecule has 1 amide bonds. The van der Waals surface area contributed by atoms with Crippen molar-refractivity contribution in [3.63, 3.8) is 0 Å². The summed E-state index contributed by atoms with van der Waals surface area (Å²) in [5.74, 6) is -0.0851. The van der Waals surface area contributed by atoms with Crippen molar-refractivity contribution in [2.75, 3.05) is 11.1 Å². The molecule has 98 valence electrons. The molecule has 2 aromatic rings. The largest absolute Gasteiger partial charge is 0.390 e. The highest BCUT2D eigenvalue weighted by Gasteiger charge is 2.25. The monoisotopic (exact) mass is 384 g/mol. The van der Waals surface area contributed by atoms with Crippen LogP contribution in [0.4, 0.5) is 10.7 Å². The highest BCUT2D eigenvalue weighted by Crippen LogP contribution is 2.37. The predicted octanol–water partition coefficient (Wildman–Crippen LogP) is 3.68. The van der Waals surface area contributed by atoms with Gasteiger partial charge in [-0.15, -0.1) is 11.3 Å². The van der Waals surface area contributed by atoms with E-state index in [9.17, 15) is 4.79 Å². The third-order valence-electron chi connectivity index (χ3n) is 3.28. The number of fused-ring (bicyclic) bond motifs is 1. The normalized spacial score (nSPS) is 13.3. The summed E-state index contributed by atoms with van der Waals surface area (Å²) in [6.07, 6.45) is 3.16. The number of anilines is 2. The lowest BCUT2D eigenvalue weighted by Crippen LogP contribution is -2.14. The lowest BCUT2D eigenvalue weighted by atomic mass is 10.1. The highest BCUT2D eigenvalue weighted by molar-refractivity contribution is 14.1. The zero-order valence-corrected chi connectivity index (χ0v) is 13.2. The van der Waals surface area contributed by atoms with E-state index in [2.05, 4.69) is 27.9 Å². The van der Waals surface area contributed by atoms with Gasteiger partial charge in [0.15, 0.2) is 0 Å². The Hall–Kier alpha value is -1.08. The molecule has 3 rings (SSSR count). The van der Waals surface area contributed by atoms with Crippen LogP contribution in [0.15, 0.2) is 24.3 Å². The van der Waals surface area contributed by atoms with E-state index in [4.69, 9.17) is 5.73 Å². The van der Waals surface area contributed by atoms with Gasteiger partial charge in [-0.1, -0.05) is 0 Å². The molecule has 19 heavy (non-hydrogen) atoms. The summed E-state index contributed by atoms with van der Waals surface area (Å²) in [6, 6.07) is 7.75. The van der Waals surface area contributed by atoms with Crippen LogP contribution in [-0.2, 0) is 12.8 Å². The lowest BCUT2D eigenvalue weighted by molar-refractivity contribution is 0.102. The molecule has 1 heterocycles. The van der Waals surface area contributed by atoms with E-state index in [1.807, 2.05) is 24.3 Å². The highest BCUT2D eigenvalue weighted by atomic mass is 127. The summed E-state index contributed by atoms with van der Waals surface area (Å²) in [4.78, 5) is 13.6. The molecule has 0 aliphatic heterocycles. The topological polar surface area (TPSA) is 55.1 Å². The predicted molar refractivity (Wildman–Crippen MR) is 87.9 cm³/mol. The van der Waals surface area contributed by atoms with E-state index in [-0.39, 0.29) is 5.91 Å². The van der Waals surface area contributed by atoms with Crippen molar-refractivity contribution in [3.05, 3.63) is 43.8 Å². The quantitative estimate of drug-likeness (QED) is 0.777. The molecular weight excluding hydrogens is 371 g/mol. The molecule has 0 fully saturated rings. The fourth-order valence-electron chi connectivity index (χ4n) is 2.40. The van der Waals surface area contributed by atoms with Crippen molar-refractivity contribution in [1.82, 2.24) is 0 Å². The maximum Gasteiger partial charge on any atom is 0.258 e. The Kier molecular flexibility index (Phi) is 3.49. The molecule has 0 saturated heterocycles.